The van der Waals surface area contributed by atoms with Gasteiger partial charge in [-0.3, -0.25) is 0 Å². The summed E-state index contributed by atoms with van der Waals surface area (Å²) in [5.41, 5.74) is 2.17. The minimum atomic E-state index is 0.126. The number of benzene rings is 1. The molecule has 90 valence electrons. The van der Waals surface area contributed by atoms with E-state index in [-0.39, 0.29) is 5.75 Å². The molecule has 3 rings (SSSR count). The number of hydrogen-bond donors (Lipinski definition) is 2. The maximum atomic E-state index is 9.33. The smallest absolute Gasteiger partial charge is 0.157 e. The second kappa shape index (κ2) is 4.26. The van der Waals surface area contributed by atoms with Crippen molar-refractivity contribution >= 4 is 38.7 Å². The van der Waals surface area contributed by atoms with Gasteiger partial charge in [0.15, 0.2) is 5.65 Å². The predicted octanol–water partition coefficient (Wildman–Crippen LogP) is 3.75. The number of nitrogens with one attached hydrogen (secondary N) is 1. The van der Waals surface area contributed by atoms with E-state index in [4.69, 9.17) is 11.6 Å². The van der Waals surface area contributed by atoms with Gasteiger partial charge in [0.25, 0.3) is 0 Å². The van der Waals surface area contributed by atoms with Crippen molar-refractivity contribution in [2.75, 3.05) is 0 Å². The molecule has 0 aliphatic heterocycles. The number of nitrogens with zero attached hydrogens (tertiary/aromatic N) is 2. The van der Waals surface area contributed by atoms with Crippen molar-refractivity contribution < 1.29 is 5.11 Å². The SMILES string of the molecule is Oc1ccc(-c2nc3cc(Br)cnc3[nH]2)c(Cl)c1. The minimum Gasteiger partial charge on any atom is -0.508 e. The molecule has 0 saturated carbocycles. The van der Waals surface area contributed by atoms with Gasteiger partial charge in [-0.15, -0.1) is 0 Å². The summed E-state index contributed by atoms with van der Waals surface area (Å²) >= 11 is 9.42. The number of imidazole rings is 1. The number of phenolic OH excluding ortho intramolecular Hbond substituents is 1. The van der Waals surface area contributed by atoms with Crippen LogP contribution in [-0.4, -0.2) is 20.1 Å². The van der Waals surface area contributed by atoms with Crippen molar-refractivity contribution in [1.29, 1.82) is 0 Å². The third-order valence-corrected chi connectivity index (χ3v) is 3.26. The predicted molar refractivity (Wildman–Crippen MR) is 73.7 cm³/mol. The fourth-order valence-electron chi connectivity index (χ4n) is 1.69. The standard InChI is InChI=1S/C12H7BrClN3O/c13-6-3-10-12(15-5-6)17-11(16-10)8-2-1-7(18)4-9(8)14/h1-5,18H,(H,15,16,17). The number of aromatic amines is 1. The highest BCUT2D eigenvalue weighted by Crippen LogP contribution is 2.30. The molecule has 0 aliphatic carbocycles. The molecule has 18 heavy (non-hydrogen) atoms. The van der Waals surface area contributed by atoms with Gasteiger partial charge in [0.2, 0.25) is 0 Å². The highest BCUT2D eigenvalue weighted by molar-refractivity contribution is 9.10. The molecule has 0 amide bonds. The molecule has 2 heterocycles. The van der Waals surface area contributed by atoms with Crippen LogP contribution in [0.5, 0.6) is 5.75 Å². The zero-order valence-corrected chi connectivity index (χ0v) is 11.3. The average Bonchev–Trinajstić information content (AvgIpc) is 2.71. The summed E-state index contributed by atoms with van der Waals surface area (Å²) in [7, 11) is 0. The van der Waals surface area contributed by atoms with E-state index in [1.54, 1.807) is 18.3 Å². The fourth-order valence-corrected chi connectivity index (χ4v) is 2.28. The lowest BCUT2D eigenvalue weighted by Gasteiger charge is -2.00. The van der Waals surface area contributed by atoms with Gasteiger partial charge in [0.05, 0.1) is 5.02 Å². The molecule has 0 unspecified atom stereocenters. The number of H-pyrrole nitrogens is 1. The molecule has 0 saturated heterocycles. The first kappa shape index (κ1) is 11.5. The lowest BCUT2D eigenvalue weighted by molar-refractivity contribution is 0.475. The van der Waals surface area contributed by atoms with Gasteiger partial charge >= 0.3 is 0 Å². The normalized spacial score (nSPS) is 11.0. The monoisotopic (exact) mass is 323 g/mol. The van der Waals surface area contributed by atoms with Gasteiger partial charge in [0.1, 0.15) is 17.1 Å². The first-order valence-electron chi connectivity index (χ1n) is 5.13. The number of halogens is 2. The number of fused-ring (bicyclic) bond motifs is 1. The molecular formula is C12H7BrClN3O. The molecule has 0 spiro atoms. The van der Waals surface area contributed by atoms with Gasteiger partial charge < -0.3 is 10.1 Å². The summed E-state index contributed by atoms with van der Waals surface area (Å²) in [5.74, 6) is 0.751. The highest BCUT2D eigenvalue weighted by Gasteiger charge is 2.10. The number of aromatic hydroxyl groups is 1. The summed E-state index contributed by atoms with van der Waals surface area (Å²) in [4.78, 5) is 11.7. The third kappa shape index (κ3) is 1.95. The van der Waals surface area contributed by atoms with E-state index in [0.717, 1.165) is 15.6 Å². The molecule has 6 heteroatoms. The number of pyridine rings is 1. The summed E-state index contributed by atoms with van der Waals surface area (Å²) in [6.07, 6.45) is 1.70. The molecule has 0 bridgehead atoms. The van der Waals surface area contributed by atoms with Gasteiger partial charge in [-0.2, -0.15) is 0 Å². The van der Waals surface area contributed by atoms with Crippen molar-refractivity contribution in [2.24, 2.45) is 0 Å². The second-order valence-electron chi connectivity index (χ2n) is 3.77. The van der Waals surface area contributed by atoms with Crippen LogP contribution in [0.25, 0.3) is 22.6 Å². The van der Waals surface area contributed by atoms with Crippen LogP contribution < -0.4 is 0 Å². The summed E-state index contributed by atoms with van der Waals surface area (Å²) in [6.45, 7) is 0. The van der Waals surface area contributed by atoms with Crippen LogP contribution in [0.4, 0.5) is 0 Å². The Bertz CT molecular complexity index is 741. The van der Waals surface area contributed by atoms with Crippen LogP contribution in [0, 0.1) is 0 Å². The number of hydrogen-bond acceptors (Lipinski definition) is 3. The molecular weight excluding hydrogens is 318 g/mol. The van der Waals surface area contributed by atoms with Crippen LogP contribution in [0.2, 0.25) is 5.02 Å². The Morgan fingerprint density at radius 1 is 1.28 bits per heavy atom. The lowest BCUT2D eigenvalue weighted by atomic mass is 10.2. The molecule has 0 aliphatic rings. The minimum absolute atomic E-state index is 0.126. The molecule has 4 nitrogen and oxygen atoms in total. The Labute approximate surface area is 116 Å². The number of aromatic nitrogens is 3. The van der Waals surface area contributed by atoms with E-state index >= 15 is 0 Å². The van der Waals surface area contributed by atoms with E-state index in [2.05, 4.69) is 30.9 Å². The largest absolute Gasteiger partial charge is 0.508 e. The Balaban J connectivity index is 2.19. The lowest BCUT2D eigenvalue weighted by Crippen LogP contribution is -1.81. The van der Waals surface area contributed by atoms with E-state index in [9.17, 15) is 5.11 Å². The molecule has 2 N–H and O–H groups in total. The van der Waals surface area contributed by atoms with Crippen LogP contribution in [0.1, 0.15) is 0 Å². The zero-order valence-electron chi connectivity index (χ0n) is 8.98. The number of rotatable bonds is 1. The average molecular weight is 325 g/mol. The number of phenols is 1. The highest BCUT2D eigenvalue weighted by atomic mass is 79.9. The molecule has 0 radical (unpaired) electrons. The van der Waals surface area contributed by atoms with Crippen molar-refractivity contribution in [1.82, 2.24) is 15.0 Å². The van der Waals surface area contributed by atoms with Crippen molar-refractivity contribution in [3.63, 3.8) is 0 Å². The molecule has 3 aromatic rings. The van der Waals surface area contributed by atoms with E-state index in [0.29, 0.717) is 16.5 Å². The quantitative estimate of drug-likeness (QED) is 0.716. The van der Waals surface area contributed by atoms with Crippen LogP contribution in [0.3, 0.4) is 0 Å². The Hall–Kier alpha value is -1.59. The van der Waals surface area contributed by atoms with Gasteiger partial charge in [-0.05, 0) is 40.2 Å². The Morgan fingerprint density at radius 2 is 2.11 bits per heavy atom. The molecule has 2 aromatic heterocycles. The van der Waals surface area contributed by atoms with E-state index in [1.807, 2.05) is 6.07 Å². The Kier molecular flexibility index (Phi) is 2.72. The maximum Gasteiger partial charge on any atom is 0.157 e. The molecule has 0 atom stereocenters. The third-order valence-electron chi connectivity index (χ3n) is 2.51. The second-order valence-corrected chi connectivity index (χ2v) is 5.09. The maximum absolute atomic E-state index is 9.33. The summed E-state index contributed by atoms with van der Waals surface area (Å²) in [6, 6.07) is 6.63. The van der Waals surface area contributed by atoms with E-state index < -0.39 is 0 Å². The van der Waals surface area contributed by atoms with Crippen molar-refractivity contribution in [3.05, 3.63) is 40.0 Å². The topological polar surface area (TPSA) is 61.8 Å². The zero-order chi connectivity index (χ0) is 12.7. The van der Waals surface area contributed by atoms with Gasteiger partial charge in [-0.1, -0.05) is 11.6 Å². The van der Waals surface area contributed by atoms with Gasteiger partial charge in [-0.25, -0.2) is 9.97 Å². The van der Waals surface area contributed by atoms with E-state index in [1.165, 1.54) is 6.07 Å². The van der Waals surface area contributed by atoms with Crippen molar-refractivity contribution in [3.8, 4) is 17.1 Å². The van der Waals surface area contributed by atoms with Crippen molar-refractivity contribution in [2.45, 2.75) is 0 Å². The first-order chi connectivity index (χ1) is 8.63. The molecule has 1 aromatic carbocycles. The summed E-state index contributed by atoms with van der Waals surface area (Å²) < 4.78 is 0.866. The molecule has 0 fully saturated rings. The summed E-state index contributed by atoms with van der Waals surface area (Å²) in [5, 5.41) is 9.77. The fraction of sp³-hybridized carbons (Fsp3) is 0. The Morgan fingerprint density at radius 3 is 2.89 bits per heavy atom. The van der Waals surface area contributed by atoms with Gasteiger partial charge in [0, 0.05) is 16.2 Å². The van der Waals surface area contributed by atoms with Crippen LogP contribution in [-0.2, 0) is 0 Å². The first-order valence-corrected chi connectivity index (χ1v) is 6.31. The van der Waals surface area contributed by atoms with Crippen LogP contribution in [0.15, 0.2) is 34.9 Å². The van der Waals surface area contributed by atoms with Crippen LogP contribution >= 0.6 is 27.5 Å².